The van der Waals surface area contributed by atoms with E-state index < -0.39 is 5.60 Å². The van der Waals surface area contributed by atoms with Crippen molar-refractivity contribution in [2.24, 2.45) is 5.73 Å². The number of halogens is 2. The number of hydrogen-bond donors (Lipinski definition) is 2. The maximum Gasteiger partial charge on any atom is 0.0782 e. The predicted octanol–water partition coefficient (Wildman–Crippen LogP) is 2.25. The third-order valence-electron chi connectivity index (χ3n) is 2.06. The Morgan fingerprint density at radius 3 is 2.29 bits per heavy atom. The molecule has 1 aromatic carbocycles. The van der Waals surface area contributed by atoms with Crippen molar-refractivity contribution < 1.29 is 5.11 Å². The summed E-state index contributed by atoms with van der Waals surface area (Å²) in [6.45, 7) is 1.83. The Bertz CT molecular complexity index is 306. The fourth-order valence-corrected chi connectivity index (χ4v) is 1.69. The molecule has 0 heterocycles. The number of hydrogen-bond acceptors (Lipinski definition) is 2. The van der Waals surface area contributed by atoms with Gasteiger partial charge < -0.3 is 10.8 Å². The second-order valence-electron chi connectivity index (χ2n) is 3.58. The molecular weight excluding hydrogens is 221 g/mol. The minimum Gasteiger partial charge on any atom is -0.389 e. The van der Waals surface area contributed by atoms with Crippen molar-refractivity contribution in [2.75, 3.05) is 6.54 Å². The first-order valence-electron chi connectivity index (χ1n) is 4.31. The maximum absolute atomic E-state index is 9.78. The standard InChI is InChI=1S/C10H13Cl2NO/c1-10(14,6-13)5-7-8(11)3-2-4-9(7)12/h2-4,14H,5-6,13H2,1H3. The molecule has 0 aliphatic rings. The summed E-state index contributed by atoms with van der Waals surface area (Å²) in [6, 6.07) is 5.26. The quantitative estimate of drug-likeness (QED) is 0.842. The van der Waals surface area contributed by atoms with Gasteiger partial charge >= 0.3 is 0 Å². The molecule has 0 aromatic heterocycles. The van der Waals surface area contributed by atoms with Gasteiger partial charge in [-0.15, -0.1) is 0 Å². The minimum absolute atomic E-state index is 0.175. The molecule has 4 heteroatoms. The van der Waals surface area contributed by atoms with Crippen molar-refractivity contribution >= 4 is 23.2 Å². The van der Waals surface area contributed by atoms with E-state index in [0.29, 0.717) is 16.5 Å². The summed E-state index contributed by atoms with van der Waals surface area (Å²) in [5, 5.41) is 10.9. The first-order valence-corrected chi connectivity index (χ1v) is 5.07. The van der Waals surface area contributed by atoms with Crippen LogP contribution in [0, 0.1) is 0 Å². The van der Waals surface area contributed by atoms with E-state index in [-0.39, 0.29) is 6.54 Å². The number of rotatable bonds is 3. The van der Waals surface area contributed by atoms with E-state index in [1.54, 1.807) is 25.1 Å². The Morgan fingerprint density at radius 1 is 1.36 bits per heavy atom. The van der Waals surface area contributed by atoms with Crippen molar-refractivity contribution in [1.82, 2.24) is 0 Å². The molecular formula is C10H13Cl2NO. The van der Waals surface area contributed by atoms with Crippen molar-refractivity contribution in [3.05, 3.63) is 33.8 Å². The molecule has 0 bridgehead atoms. The largest absolute Gasteiger partial charge is 0.389 e. The highest BCUT2D eigenvalue weighted by Crippen LogP contribution is 2.27. The van der Waals surface area contributed by atoms with Gasteiger partial charge in [-0.05, 0) is 24.6 Å². The SMILES string of the molecule is CC(O)(CN)Cc1c(Cl)cccc1Cl. The molecule has 2 nitrogen and oxygen atoms in total. The molecule has 0 amide bonds. The van der Waals surface area contributed by atoms with Gasteiger partial charge in [0.25, 0.3) is 0 Å². The Balaban J connectivity index is 2.97. The molecule has 1 unspecified atom stereocenters. The Kier molecular flexibility index (Phi) is 3.78. The summed E-state index contributed by atoms with van der Waals surface area (Å²) in [6.07, 6.45) is 0.363. The molecule has 0 fully saturated rings. The second kappa shape index (κ2) is 4.49. The van der Waals surface area contributed by atoms with Gasteiger partial charge in [0, 0.05) is 23.0 Å². The topological polar surface area (TPSA) is 46.2 Å². The monoisotopic (exact) mass is 233 g/mol. The molecule has 0 radical (unpaired) electrons. The molecule has 3 N–H and O–H groups in total. The summed E-state index contributed by atoms with van der Waals surface area (Å²) < 4.78 is 0. The van der Waals surface area contributed by atoms with Gasteiger partial charge in [0.1, 0.15) is 0 Å². The molecule has 0 aliphatic carbocycles. The fourth-order valence-electron chi connectivity index (χ4n) is 1.15. The molecule has 1 rings (SSSR count). The normalized spacial score (nSPS) is 15.2. The highest BCUT2D eigenvalue weighted by molar-refractivity contribution is 6.36. The van der Waals surface area contributed by atoms with E-state index in [2.05, 4.69) is 0 Å². The van der Waals surface area contributed by atoms with Gasteiger partial charge in [-0.1, -0.05) is 29.3 Å². The zero-order chi connectivity index (χ0) is 10.8. The van der Waals surface area contributed by atoms with Gasteiger partial charge in [0.15, 0.2) is 0 Å². The molecule has 14 heavy (non-hydrogen) atoms. The zero-order valence-corrected chi connectivity index (χ0v) is 9.44. The minimum atomic E-state index is -0.964. The van der Waals surface area contributed by atoms with Crippen LogP contribution in [0.25, 0.3) is 0 Å². The third kappa shape index (κ3) is 2.85. The van der Waals surface area contributed by atoms with Gasteiger partial charge in [-0.2, -0.15) is 0 Å². The fraction of sp³-hybridized carbons (Fsp3) is 0.400. The molecule has 0 spiro atoms. The van der Waals surface area contributed by atoms with Crippen LogP contribution in [0.15, 0.2) is 18.2 Å². The lowest BCUT2D eigenvalue weighted by atomic mass is 9.97. The molecule has 0 saturated heterocycles. The van der Waals surface area contributed by atoms with Crippen LogP contribution < -0.4 is 5.73 Å². The summed E-state index contributed by atoms with van der Waals surface area (Å²) in [5.74, 6) is 0. The summed E-state index contributed by atoms with van der Waals surface area (Å²) in [7, 11) is 0. The van der Waals surface area contributed by atoms with Crippen LogP contribution in [-0.2, 0) is 6.42 Å². The highest BCUT2D eigenvalue weighted by atomic mass is 35.5. The van der Waals surface area contributed by atoms with Crippen LogP contribution in [0.3, 0.4) is 0 Å². The van der Waals surface area contributed by atoms with Crippen LogP contribution >= 0.6 is 23.2 Å². The lowest BCUT2D eigenvalue weighted by Gasteiger charge is -2.22. The summed E-state index contributed by atoms with van der Waals surface area (Å²) >= 11 is 11.9. The average Bonchev–Trinajstić information content (AvgIpc) is 2.12. The van der Waals surface area contributed by atoms with E-state index in [1.807, 2.05) is 0 Å². The van der Waals surface area contributed by atoms with Crippen LogP contribution in [-0.4, -0.2) is 17.3 Å². The zero-order valence-electron chi connectivity index (χ0n) is 7.93. The lowest BCUT2D eigenvalue weighted by Crippen LogP contribution is -2.36. The van der Waals surface area contributed by atoms with Crippen molar-refractivity contribution in [3.63, 3.8) is 0 Å². The summed E-state index contributed by atoms with van der Waals surface area (Å²) in [4.78, 5) is 0. The first-order chi connectivity index (χ1) is 6.46. The molecule has 1 aromatic rings. The second-order valence-corrected chi connectivity index (χ2v) is 4.39. The Labute approximate surface area is 93.6 Å². The highest BCUT2D eigenvalue weighted by Gasteiger charge is 2.21. The number of nitrogens with two attached hydrogens (primary N) is 1. The first kappa shape index (κ1) is 11.8. The molecule has 0 aliphatic heterocycles. The van der Waals surface area contributed by atoms with Gasteiger partial charge in [0.2, 0.25) is 0 Å². The molecule has 0 saturated carbocycles. The summed E-state index contributed by atoms with van der Waals surface area (Å²) in [5.41, 5.74) is 5.20. The third-order valence-corrected chi connectivity index (χ3v) is 2.77. The number of benzene rings is 1. The van der Waals surface area contributed by atoms with Crippen molar-refractivity contribution in [3.8, 4) is 0 Å². The van der Waals surface area contributed by atoms with Crippen LogP contribution in [0.4, 0.5) is 0 Å². The Hall–Kier alpha value is -0.280. The average molecular weight is 234 g/mol. The van der Waals surface area contributed by atoms with E-state index in [1.165, 1.54) is 0 Å². The molecule has 78 valence electrons. The van der Waals surface area contributed by atoms with Gasteiger partial charge in [0.05, 0.1) is 5.60 Å². The van der Waals surface area contributed by atoms with E-state index in [9.17, 15) is 5.11 Å². The van der Waals surface area contributed by atoms with Gasteiger partial charge in [-0.25, -0.2) is 0 Å². The maximum atomic E-state index is 9.78. The van der Waals surface area contributed by atoms with Crippen LogP contribution in [0.5, 0.6) is 0 Å². The van der Waals surface area contributed by atoms with E-state index >= 15 is 0 Å². The lowest BCUT2D eigenvalue weighted by molar-refractivity contribution is 0.0697. The van der Waals surface area contributed by atoms with Gasteiger partial charge in [-0.3, -0.25) is 0 Å². The van der Waals surface area contributed by atoms with Crippen molar-refractivity contribution in [1.29, 1.82) is 0 Å². The van der Waals surface area contributed by atoms with Crippen LogP contribution in [0.1, 0.15) is 12.5 Å². The smallest absolute Gasteiger partial charge is 0.0782 e. The van der Waals surface area contributed by atoms with Crippen molar-refractivity contribution in [2.45, 2.75) is 18.9 Å². The van der Waals surface area contributed by atoms with Crippen LogP contribution in [0.2, 0.25) is 10.0 Å². The number of aliphatic hydroxyl groups is 1. The molecule has 1 atom stereocenters. The van der Waals surface area contributed by atoms with E-state index in [0.717, 1.165) is 5.56 Å². The Morgan fingerprint density at radius 2 is 1.86 bits per heavy atom. The van der Waals surface area contributed by atoms with E-state index in [4.69, 9.17) is 28.9 Å². The predicted molar refractivity (Wildman–Crippen MR) is 59.8 cm³/mol.